The molecule has 1 N–H and O–H groups in total. The molecule has 0 aliphatic carbocycles. The largest absolute Gasteiger partial charge is 0.493 e. The molecule has 4 rings (SSSR count). The van der Waals surface area contributed by atoms with E-state index >= 15 is 0 Å². The van der Waals surface area contributed by atoms with Crippen LogP contribution in [-0.2, 0) is 24.2 Å². The number of benzene rings is 3. The zero-order valence-corrected chi connectivity index (χ0v) is 19.0. The molecule has 6 heteroatoms. The Balaban J connectivity index is 1.54. The van der Waals surface area contributed by atoms with Crippen molar-refractivity contribution in [2.45, 2.75) is 25.4 Å². The van der Waals surface area contributed by atoms with Gasteiger partial charge in [0.1, 0.15) is 5.82 Å². The van der Waals surface area contributed by atoms with Crippen LogP contribution in [0.5, 0.6) is 11.5 Å². The van der Waals surface area contributed by atoms with E-state index in [1.807, 2.05) is 24.3 Å². The van der Waals surface area contributed by atoms with Crippen LogP contribution in [0, 0.1) is 5.82 Å². The minimum Gasteiger partial charge on any atom is -0.493 e. The molecule has 33 heavy (non-hydrogen) atoms. The van der Waals surface area contributed by atoms with E-state index in [9.17, 15) is 9.18 Å². The maximum atomic E-state index is 13.1. The van der Waals surface area contributed by atoms with Crippen LogP contribution >= 0.6 is 0 Å². The smallest absolute Gasteiger partial charge is 0.234 e. The van der Waals surface area contributed by atoms with Gasteiger partial charge in [0.2, 0.25) is 5.91 Å². The Morgan fingerprint density at radius 2 is 1.70 bits per heavy atom. The van der Waals surface area contributed by atoms with Crippen molar-refractivity contribution in [2.75, 3.05) is 27.3 Å². The Kier molecular flexibility index (Phi) is 7.25. The third kappa shape index (κ3) is 5.52. The fourth-order valence-electron chi connectivity index (χ4n) is 4.39. The van der Waals surface area contributed by atoms with Crippen molar-refractivity contribution in [1.29, 1.82) is 0 Å². The molecule has 0 spiro atoms. The molecule has 0 saturated heterocycles. The van der Waals surface area contributed by atoms with Gasteiger partial charge in [-0.05, 0) is 59.4 Å². The number of carbonyl (C=O) groups is 1. The van der Waals surface area contributed by atoms with E-state index in [0.29, 0.717) is 12.3 Å². The van der Waals surface area contributed by atoms with Crippen LogP contribution in [0.15, 0.2) is 66.7 Å². The summed E-state index contributed by atoms with van der Waals surface area (Å²) in [5.74, 6) is 1.08. The SMILES string of the molecule is COc1cc2c(cc1OC)C(Cc1ccccc1)N(CC(=O)NCc1ccc(F)cc1)CC2. The normalized spacial score (nSPS) is 15.5. The third-order valence-corrected chi connectivity index (χ3v) is 6.14. The second-order valence-corrected chi connectivity index (χ2v) is 8.24. The first-order valence-corrected chi connectivity index (χ1v) is 11.1. The van der Waals surface area contributed by atoms with E-state index in [1.54, 1.807) is 26.4 Å². The Morgan fingerprint density at radius 1 is 1.00 bits per heavy atom. The molecule has 1 unspecified atom stereocenters. The number of rotatable bonds is 8. The summed E-state index contributed by atoms with van der Waals surface area (Å²) in [6.07, 6.45) is 1.61. The average Bonchev–Trinajstić information content (AvgIpc) is 2.85. The molecule has 0 aromatic heterocycles. The molecule has 1 heterocycles. The number of halogens is 1. The van der Waals surface area contributed by atoms with Crippen molar-refractivity contribution in [1.82, 2.24) is 10.2 Å². The molecule has 1 atom stereocenters. The van der Waals surface area contributed by atoms with E-state index in [4.69, 9.17) is 9.47 Å². The molecule has 5 nitrogen and oxygen atoms in total. The highest BCUT2D eigenvalue weighted by molar-refractivity contribution is 5.78. The predicted octanol–water partition coefficient (Wildman–Crippen LogP) is 4.30. The Labute approximate surface area is 194 Å². The minimum atomic E-state index is -0.284. The van der Waals surface area contributed by atoms with E-state index < -0.39 is 0 Å². The summed E-state index contributed by atoms with van der Waals surface area (Å²) in [5.41, 5.74) is 4.46. The zero-order chi connectivity index (χ0) is 23.2. The summed E-state index contributed by atoms with van der Waals surface area (Å²) in [7, 11) is 3.28. The van der Waals surface area contributed by atoms with Gasteiger partial charge in [-0.1, -0.05) is 42.5 Å². The molecule has 3 aromatic rings. The predicted molar refractivity (Wildman–Crippen MR) is 126 cm³/mol. The van der Waals surface area contributed by atoms with Gasteiger partial charge >= 0.3 is 0 Å². The average molecular weight is 449 g/mol. The van der Waals surface area contributed by atoms with Crippen molar-refractivity contribution < 1.29 is 18.7 Å². The molecular formula is C27H29FN2O3. The summed E-state index contributed by atoms with van der Waals surface area (Å²) < 4.78 is 24.2. The number of nitrogens with one attached hydrogen (secondary N) is 1. The number of ether oxygens (including phenoxy) is 2. The first kappa shape index (κ1) is 22.8. The molecule has 1 aliphatic heterocycles. The van der Waals surface area contributed by atoms with Gasteiger partial charge in [-0.2, -0.15) is 0 Å². The number of hydrogen-bond acceptors (Lipinski definition) is 4. The van der Waals surface area contributed by atoms with Crippen LogP contribution in [0.1, 0.15) is 28.3 Å². The van der Waals surface area contributed by atoms with Gasteiger partial charge < -0.3 is 14.8 Å². The van der Waals surface area contributed by atoms with Gasteiger partial charge in [0, 0.05) is 19.1 Å². The summed E-state index contributed by atoms with van der Waals surface area (Å²) >= 11 is 0. The van der Waals surface area contributed by atoms with Crippen molar-refractivity contribution >= 4 is 5.91 Å². The monoisotopic (exact) mass is 448 g/mol. The second-order valence-electron chi connectivity index (χ2n) is 8.24. The quantitative estimate of drug-likeness (QED) is 0.558. The molecule has 0 radical (unpaired) electrons. The second kappa shape index (κ2) is 10.5. The molecule has 0 saturated carbocycles. The fraction of sp³-hybridized carbons (Fsp3) is 0.296. The molecule has 1 aliphatic rings. The molecule has 0 fully saturated rings. The standard InChI is InChI=1S/C27H29FN2O3/c1-32-25-15-21-12-13-30(18-27(31)29-17-20-8-10-22(28)11-9-20)24(23(21)16-26(25)33-2)14-19-6-4-3-5-7-19/h3-11,15-16,24H,12-14,17-18H2,1-2H3,(H,29,31). The highest BCUT2D eigenvalue weighted by atomic mass is 19.1. The summed E-state index contributed by atoms with van der Waals surface area (Å²) in [6.45, 7) is 1.42. The lowest BCUT2D eigenvalue weighted by atomic mass is 9.88. The van der Waals surface area contributed by atoms with Crippen LogP contribution < -0.4 is 14.8 Å². The van der Waals surface area contributed by atoms with Gasteiger partial charge in [-0.3, -0.25) is 9.69 Å². The van der Waals surface area contributed by atoms with E-state index in [-0.39, 0.29) is 24.3 Å². The van der Waals surface area contributed by atoms with Gasteiger partial charge in [0.05, 0.1) is 20.8 Å². The summed E-state index contributed by atoms with van der Waals surface area (Å²) in [5, 5.41) is 2.97. The summed E-state index contributed by atoms with van der Waals surface area (Å²) in [6, 6.07) is 20.6. The number of methoxy groups -OCH3 is 2. The van der Waals surface area contributed by atoms with Crippen LogP contribution in [-0.4, -0.2) is 38.1 Å². The Bertz CT molecular complexity index is 1090. The Hall–Kier alpha value is -3.38. The minimum absolute atomic E-state index is 0.0347. The van der Waals surface area contributed by atoms with Gasteiger partial charge in [-0.25, -0.2) is 4.39 Å². The lowest BCUT2D eigenvalue weighted by molar-refractivity contribution is -0.123. The maximum Gasteiger partial charge on any atom is 0.234 e. The van der Waals surface area contributed by atoms with Gasteiger partial charge in [0.25, 0.3) is 0 Å². The number of fused-ring (bicyclic) bond motifs is 1. The van der Waals surface area contributed by atoms with Crippen LogP contribution in [0.2, 0.25) is 0 Å². The van der Waals surface area contributed by atoms with Crippen molar-refractivity contribution in [3.8, 4) is 11.5 Å². The first-order valence-electron chi connectivity index (χ1n) is 11.1. The third-order valence-electron chi connectivity index (χ3n) is 6.14. The number of amides is 1. The van der Waals surface area contributed by atoms with Crippen LogP contribution in [0.4, 0.5) is 4.39 Å². The molecule has 0 bridgehead atoms. The van der Waals surface area contributed by atoms with Gasteiger partial charge in [0.15, 0.2) is 11.5 Å². The highest BCUT2D eigenvalue weighted by Gasteiger charge is 2.30. The zero-order valence-electron chi connectivity index (χ0n) is 19.0. The van der Waals surface area contributed by atoms with E-state index in [0.717, 1.165) is 36.3 Å². The number of nitrogens with zero attached hydrogens (tertiary/aromatic N) is 1. The topological polar surface area (TPSA) is 50.8 Å². The first-order chi connectivity index (χ1) is 16.1. The number of carbonyl (C=O) groups excluding carboxylic acids is 1. The van der Waals surface area contributed by atoms with E-state index in [1.165, 1.54) is 23.3 Å². The molecular weight excluding hydrogens is 419 g/mol. The highest BCUT2D eigenvalue weighted by Crippen LogP contribution is 2.39. The molecule has 172 valence electrons. The molecule has 1 amide bonds. The number of hydrogen-bond donors (Lipinski definition) is 1. The Morgan fingerprint density at radius 3 is 2.39 bits per heavy atom. The van der Waals surface area contributed by atoms with Gasteiger partial charge in [-0.15, -0.1) is 0 Å². The summed E-state index contributed by atoms with van der Waals surface area (Å²) in [4.78, 5) is 15.0. The fourth-order valence-corrected chi connectivity index (χ4v) is 4.39. The maximum absolute atomic E-state index is 13.1. The van der Waals surface area contributed by atoms with Crippen molar-refractivity contribution in [2.24, 2.45) is 0 Å². The van der Waals surface area contributed by atoms with Crippen molar-refractivity contribution in [3.63, 3.8) is 0 Å². The van der Waals surface area contributed by atoms with Crippen LogP contribution in [0.3, 0.4) is 0 Å². The van der Waals surface area contributed by atoms with E-state index in [2.05, 4.69) is 28.4 Å². The molecule has 3 aromatic carbocycles. The lowest BCUT2D eigenvalue weighted by Crippen LogP contribution is -2.43. The lowest BCUT2D eigenvalue weighted by Gasteiger charge is -2.37. The van der Waals surface area contributed by atoms with Crippen molar-refractivity contribution in [3.05, 3.63) is 94.8 Å². The van der Waals surface area contributed by atoms with Crippen LogP contribution in [0.25, 0.3) is 0 Å².